The molecule has 182 valence electrons. The van der Waals surface area contributed by atoms with E-state index in [4.69, 9.17) is 9.47 Å². The predicted molar refractivity (Wildman–Crippen MR) is 123 cm³/mol. The average molecular weight is 459 g/mol. The molecule has 2 atom stereocenters. The van der Waals surface area contributed by atoms with Gasteiger partial charge in [-0.2, -0.15) is 5.10 Å². The maximum atomic E-state index is 13.3. The summed E-state index contributed by atoms with van der Waals surface area (Å²) in [6.45, 7) is 6.88. The second-order valence-corrected chi connectivity index (χ2v) is 10.4. The summed E-state index contributed by atoms with van der Waals surface area (Å²) < 4.78 is 13.9. The molecule has 0 spiro atoms. The van der Waals surface area contributed by atoms with Crippen LogP contribution >= 0.6 is 0 Å². The largest absolute Gasteiger partial charge is 0.375 e. The summed E-state index contributed by atoms with van der Waals surface area (Å²) in [4.78, 5) is 30.2. The van der Waals surface area contributed by atoms with Gasteiger partial charge < -0.3 is 19.3 Å². The Morgan fingerprint density at radius 3 is 2.30 bits per heavy atom. The molecule has 33 heavy (non-hydrogen) atoms. The zero-order valence-corrected chi connectivity index (χ0v) is 20.1. The van der Waals surface area contributed by atoms with Crippen LogP contribution in [0.1, 0.15) is 80.5 Å². The molecule has 0 aromatic carbocycles. The smallest absolute Gasteiger partial charge is 0.274 e. The van der Waals surface area contributed by atoms with Crippen LogP contribution in [0.5, 0.6) is 0 Å². The van der Waals surface area contributed by atoms with Gasteiger partial charge in [-0.3, -0.25) is 14.3 Å². The predicted octanol–water partition coefficient (Wildman–Crippen LogP) is 2.57. The van der Waals surface area contributed by atoms with E-state index in [0.717, 1.165) is 56.5 Å². The van der Waals surface area contributed by atoms with Gasteiger partial charge in [-0.05, 0) is 58.8 Å². The third-order valence-electron chi connectivity index (χ3n) is 7.68. The van der Waals surface area contributed by atoms with Gasteiger partial charge in [-0.25, -0.2) is 0 Å². The second-order valence-electron chi connectivity index (χ2n) is 10.4. The quantitative estimate of drug-likeness (QED) is 0.678. The zero-order chi connectivity index (χ0) is 22.9. The van der Waals surface area contributed by atoms with Crippen LogP contribution in [0.2, 0.25) is 0 Å². The van der Waals surface area contributed by atoms with Crippen molar-refractivity contribution in [2.24, 2.45) is 0 Å². The number of hydrogen-bond donors (Lipinski definition) is 0. The van der Waals surface area contributed by atoms with Crippen molar-refractivity contribution in [3.8, 4) is 0 Å². The van der Waals surface area contributed by atoms with Crippen LogP contribution in [0, 0.1) is 0 Å². The molecule has 0 bridgehead atoms. The van der Waals surface area contributed by atoms with Gasteiger partial charge in [0.05, 0.1) is 24.4 Å². The number of nitrogens with zero attached hydrogens (tertiary/aromatic N) is 4. The Morgan fingerprint density at radius 2 is 1.61 bits per heavy atom. The van der Waals surface area contributed by atoms with Crippen LogP contribution in [0.3, 0.4) is 0 Å². The van der Waals surface area contributed by atoms with Crippen molar-refractivity contribution < 1.29 is 19.1 Å². The van der Waals surface area contributed by atoms with E-state index in [1.807, 2.05) is 28.3 Å². The first-order chi connectivity index (χ1) is 16.0. The summed E-state index contributed by atoms with van der Waals surface area (Å²) in [7, 11) is 0. The molecular formula is C25H38N4O4. The van der Waals surface area contributed by atoms with Crippen molar-refractivity contribution in [3.63, 3.8) is 0 Å². The maximum absolute atomic E-state index is 13.3. The first-order valence-electron chi connectivity index (χ1n) is 12.9. The third kappa shape index (κ3) is 4.97. The molecule has 1 aromatic rings. The molecule has 2 amide bonds. The lowest BCUT2D eigenvalue weighted by atomic mass is 10.1. The summed E-state index contributed by atoms with van der Waals surface area (Å²) in [5.74, 6) is 0.0744. The molecule has 1 saturated carbocycles. The van der Waals surface area contributed by atoms with Gasteiger partial charge in [-0.1, -0.05) is 12.8 Å². The fraction of sp³-hybridized carbons (Fsp3) is 0.800. The van der Waals surface area contributed by atoms with E-state index >= 15 is 0 Å². The number of likely N-dealkylation sites (tertiary alicyclic amines) is 1. The first-order valence-corrected chi connectivity index (χ1v) is 12.9. The lowest BCUT2D eigenvalue weighted by Gasteiger charge is -2.35. The van der Waals surface area contributed by atoms with Crippen LogP contribution in [-0.4, -0.2) is 82.0 Å². The van der Waals surface area contributed by atoms with Crippen LogP contribution in [-0.2, 0) is 33.7 Å². The van der Waals surface area contributed by atoms with Gasteiger partial charge in [-0.15, -0.1) is 0 Å². The van der Waals surface area contributed by atoms with Gasteiger partial charge in [0.25, 0.3) is 5.91 Å². The topological polar surface area (TPSA) is 76.9 Å². The van der Waals surface area contributed by atoms with Crippen molar-refractivity contribution in [3.05, 3.63) is 17.0 Å². The molecule has 0 unspecified atom stereocenters. The number of amides is 2. The number of ether oxygens (including phenoxy) is 2. The SMILES string of the molecule is C[C@@H]1CN(C(=O)c2nn(CC(=O)N3CCC(OC4CCCC4)CC3)c3c2CCC3)C[C@H](C)O1. The van der Waals surface area contributed by atoms with Crippen molar-refractivity contribution in [1.82, 2.24) is 19.6 Å². The molecular weight excluding hydrogens is 420 g/mol. The number of carbonyl (C=O) groups excluding carboxylic acids is 2. The molecule has 8 heteroatoms. The van der Waals surface area contributed by atoms with E-state index in [-0.39, 0.29) is 36.7 Å². The molecule has 8 nitrogen and oxygen atoms in total. The Morgan fingerprint density at radius 1 is 0.939 bits per heavy atom. The van der Waals surface area contributed by atoms with Crippen molar-refractivity contribution in [2.75, 3.05) is 26.2 Å². The van der Waals surface area contributed by atoms with E-state index in [1.54, 1.807) is 0 Å². The first kappa shape index (κ1) is 22.8. The number of morpholine rings is 1. The Kier molecular flexibility index (Phi) is 6.74. The summed E-state index contributed by atoms with van der Waals surface area (Å²) in [5, 5.41) is 4.69. The molecule has 3 fully saturated rings. The lowest BCUT2D eigenvalue weighted by Crippen LogP contribution is -2.48. The highest BCUT2D eigenvalue weighted by molar-refractivity contribution is 5.94. The van der Waals surface area contributed by atoms with Crippen LogP contribution < -0.4 is 0 Å². The number of piperidine rings is 1. The highest BCUT2D eigenvalue weighted by atomic mass is 16.5. The summed E-state index contributed by atoms with van der Waals surface area (Å²) >= 11 is 0. The molecule has 2 aliphatic heterocycles. The summed E-state index contributed by atoms with van der Waals surface area (Å²) in [5.41, 5.74) is 2.66. The third-order valence-corrected chi connectivity index (χ3v) is 7.68. The summed E-state index contributed by atoms with van der Waals surface area (Å²) in [6, 6.07) is 0. The molecule has 0 N–H and O–H groups in total. The minimum absolute atomic E-state index is 0.0220. The minimum atomic E-state index is -0.0220. The van der Waals surface area contributed by atoms with Crippen molar-refractivity contribution in [2.45, 2.75) is 103 Å². The number of aromatic nitrogens is 2. The fourth-order valence-corrected chi connectivity index (χ4v) is 6.07. The molecule has 4 aliphatic rings. The van der Waals surface area contributed by atoms with E-state index in [9.17, 15) is 9.59 Å². The van der Waals surface area contributed by atoms with Crippen molar-refractivity contribution in [1.29, 1.82) is 0 Å². The van der Waals surface area contributed by atoms with Gasteiger partial charge in [0.2, 0.25) is 5.91 Å². The Balaban J connectivity index is 1.21. The van der Waals surface area contributed by atoms with Gasteiger partial charge in [0, 0.05) is 37.4 Å². The van der Waals surface area contributed by atoms with E-state index < -0.39 is 0 Å². The Bertz CT molecular complexity index is 860. The van der Waals surface area contributed by atoms with Crippen LogP contribution in [0.4, 0.5) is 0 Å². The average Bonchev–Trinajstić information content (AvgIpc) is 3.53. The zero-order valence-electron chi connectivity index (χ0n) is 20.1. The monoisotopic (exact) mass is 458 g/mol. The lowest BCUT2D eigenvalue weighted by molar-refractivity contribution is -0.135. The Labute approximate surface area is 196 Å². The van der Waals surface area contributed by atoms with Gasteiger partial charge in [0.1, 0.15) is 6.54 Å². The highest BCUT2D eigenvalue weighted by Crippen LogP contribution is 2.28. The molecule has 0 radical (unpaired) electrons. The fourth-order valence-electron chi connectivity index (χ4n) is 6.07. The van der Waals surface area contributed by atoms with Crippen LogP contribution in [0.25, 0.3) is 0 Å². The Hall–Kier alpha value is -1.93. The van der Waals surface area contributed by atoms with Gasteiger partial charge >= 0.3 is 0 Å². The van der Waals surface area contributed by atoms with E-state index in [1.165, 1.54) is 25.7 Å². The highest BCUT2D eigenvalue weighted by Gasteiger charge is 2.34. The molecule has 1 aromatic heterocycles. The molecule has 2 saturated heterocycles. The van der Waals surface area contributed by atoms with Crippen LogP contribution in [0.15, 0.2) is 0 Å². The molecule has 2 aliphatic carbocycles. The van der Waals surface area contributed by atoms with E-state index in [2.05, 4.69) is 5.10 Å². The minimum Gasteiger partial charge on any atom is -0.375 e. The maximum Gasteiger partial charge on any atom is 0.274 e. The number of hydrogen-bond acceptors (Lipinski definition) is 5. The number of carbonyl (C=O) groups is 2. The van der Waals surface area contributed by atoms with Gasteiger partial charge in [0.15, 0.2) is 5.69 Å². The standard InChI is InChI=1S/C25H38N4O4/c1-17-14-28(15-18(2)32-17)25(31)24-21-8-5-9-22(21)29(26-24)16-23(30)27-12-10-20(11-13-27)33-19-6-3-4-7-19/h17-20H,3-16H2,1-2H3/t17-,18+. The normalized spacial score (nSPS) is 26.7. The molecule has 5 rings (SSSR count). The van der Waals surface area contributed by atoms with E-state index in [0.29, 0.717) is 24.9 Å². The number of fused-ring (bicyclic) bond motifs is 1. The molecule has 3 heterocycles. The number of rotatable bonds is 5. The van der Waals surface area contributed by atoms with Crippen molar-refractivity contribution >= 4 is 11.8 Å². The second kappa shape index (κ2) is 9.74. The summed E-state index contributed by atoms with van der Waals surface area (Å²) in [6.07, 6.45) is 10.3.